The van der Waals surface area contributed by atoms with Crippen molar-refractivity contribution >= 4 is 29.6 Å². The molecule has 0 spiro atoms. The van der Waals surface area contributed by atoms with Gasteiger partial charge in [-0.15, -0.1) is 0 Å². The number of carbonyl (C=O) groups excluding carboxylic acids is 4. The summed E-state index contributed by atoms with van der Waals surface area (Å²) in [6, 6.07) is 1.29. The quantitative estimate of drug-likeness (QED) is 0.107. The van der Waals surface area contributed by atoms with Crippen LogP contribution in [0.5, 0.6) is 5.75 Å². The first-order valence-electron chi connectivity index (χ1n) is 13.0. The van der Waals surface area contributed by atoms with Crippen LogP contribution >= 0.6 is 0 Å². The highest BCUT2D eigenvalue weighted by molar-refractivity contribution is 5.94. The molecule has 0 radical (unpaired) electrons. The highest BCUT2D eigenvalue weighted by Crippen LogP contribution is 2.12. The summed E-state index contributed by atoms with van der Waals surface area (Å²) >= 11 is 0. The van der Waals surface area contributed by atoms with Crippen LogP contribution in [0.4, 0.5) is 0 Å². The van der Waals surface area contributed by atoms with E-state index in [1.165, 1.54) is 24.3 Å². The maximum Gasteiger partial charge on any atom is 0.326 e. The van der Waals surface area contributed by atoms with Gasteiger partial charge in [0.15, 0.2) is 0 Å². The number of phenols is 1. The molecule has 13 nitrogen and oxygen atoms in total. The molecule has 0 saturated carbocycles. The van der Waals surface area contributed by atoms with Crippen LogP contribution in [0, 0.1) is 5.92 Å². The zero-order valence-electron chi connectivity index (χ0n) is 22.5. The van der Waals surface area contributed by atoms with Crippen LogP contribution in [-0.4, -0.2) is 70.5 Å². The van der Waals surface area contributed by atoms with E-state index in [0.29, 0.717) is 31.4 Å². The summed E-state index contributed by atoms with van der Waals surface area (Å²) in [4.78, 5) is 62.1. The van der Waals surface area contributed by atoms with E-state index in [-0.39, 0.29) is 37.4 Å². The average molecular weight is 551 g/mol. The molecule has 1 rings (SSSR count). The molecule has 39 heavy (non-hydrogen) atoms. The van der Waals surface area contributed by atoms with E-state index in [2.05, 4.69) is 16.0 Å². The Balaban J connectivity index is 3.05. The summed E-state index contributed by atoms with van der Waals surface area (Å²) in [6.45, 7) is 4.20. The lowest BCUT2D eigenvalue weighted by Crippen LogP contribution is -2.57. The summed E-state index contributed by atoms with van der Waals surface area (Å²) in [5.41, 5.74) is 17.3. The number of hydrogen-bond donors (Lipinski definition) is 8. The fourth-order valence-corrected chi connectivity index (χ4v) is 3.82. The molecule has 4 amide bonds. The normalized spacial score (nSPS) is 14.1. The Bertz CT molecular complexity index is 970. The molecule has 0 aliphatic heterocycles. The van der Waals surface area contributed by atoms with Gasteiger partial charge in [-0.25, -0.2) is 4.79 Å². The molecule has 0 fully saturated rings. The van der Waals surface area contributed by atoms with Gasteiger partial charge in [-0.3, -0.25) is 19.2 Å². The maximum absolute atomic E-state index is 13.2. The van der Waals surface area contributed by atoms with Crippen molar-refractivity contribution in [3.63, 3.8) is 0 Å². The number of rotatable bonds is 18. The summed E-state index contributed by atoms with van der Waals surface area (Å²) in [5.74, 6) is -3.92. The van der Waals surface area contributed by atoms with Crippen LogP contribution in [0.15, 0.2) is 24.3 Å². The van der Waals surface area contributed by atoms with E-state index in [0.717, 1.165) is 0 Å². The molecule has 0 aliphatic rings. The first kappa shape index (κ1) is 33.3. The molecule has 1 aromatic carbocycles. The number of amides is 4. The SMILES string of the molecule is CC(C)CC(N)C(=O)NC(CCCCN)C(=O)NC(CCC(N)=O)C(=O)NC(Cc1ccc(O)cc1)C(=O)O. The number of aliphatic carboxylic acids is 1. The minimum Gasteiger partial charge on any atom is -0.508 e. The fourth-order valence-electron chi connectivity index (χ4n) is 3.82. The topological polar surface area (TPSA) is 240 Å². The summed E-state index contributed by atoms with van der Waals surface area (Å²) in [6.07, 6.45) is 1.22. The van der Waals surface area contributed by atoms with Crippen LogP contribution in [-0.2, 0) is 30.4 Å². The van der Waals surface area contributed by atoms with Crippen molar-refractivity contribution in [3.8, 4) is 5.75 Å². The Kier molecular flexibility index (Phi) is 14.5. The predicted octanol–water partition coefficient (Wildman–Crippen LogP) is -0.758. The number of phenolic OH excluding ortho intramolecular Hbond substituents is 1. The Morgan fingerprint density at radius 3 is 1.90 bits per heavy atom. The van der Waals surface area contributed by atoms with Crippen molar-refractivity contribution in [2.45, 2.75) is 83.0 Å². The van der Waals surface area contributed by atoms with Gasteiger partial charge < -0.3 is 43.4 Å². The first-order valence-corrected chi connectivity index (χ1v) is 13.0. The Morgan fingerprint density at radius 1 is 0.846 bits per heavy atom. The van der Waals surface area contributed by atoms with Gasteiger partial charge >= 0.3 is 5.97 Å². The molecular formula is C26H42N6O7. The number of nitrogens with two attached hydrogens (primary N) is 3. The van der Waals surface area contributed by atoms with E-state index in [1.807, 2.05) is 13.8 Å². The second-order valence-electron chi connectivity index (χ2n) is 9.92. The van der Waals surface area contributed by atoms with E-state index >= 15 is 0 Å². The molecule has 1 aromatic rings. The molecule has 11 N–H and O–H groups in total. The van der Waals surface area contributed by atoms with E-state index in [1.54, 1.807) is 0 Å². The van der Waals surface area contributed by atoms with Crippen LogP contribution in [0.25, 0.3) is 0 Å². The van der Waals surface area contributed by atoms with Gasteiger partial charge in [-0.2, -0.15) is 0 Å². The number of primary amides is 1. The molecule has 0 saturated heterocycles. The maximum atomic E-state index is 13.2. The number of nitrogens with one attached hydrogen (secondary N) is 3. The van der Waals surface area contributed by atoms with E-state index in [9.17, 15) is 34.2 Å². The van der Waals surface area contributed by atoms with Gasteiger partial charge in [0.2, 0.25) is 23.6 Å². The average Bonchev–Trinajstić information content (AvgIpc) is 2.85. The van der Waals surface area contributed by atoms with Crippen molar-refractivity contribution < 1.29 is 34.2 Å². The van der Waals surface area contributed by atoms with Crippen molar-refractivity contribution in [2.24, 2.45) is 23.1 Å². The number of aromatic hydroxyl groups is 1. The van der Waals surface area contributed by atoms with Crippen molar-refractivity contribution in [2.75, 3.05) is 6.54 Å². The molecule has 0 aromatic heterocycles. The number of carbonyl (C=O) groups is 5. The van der Waals surface area contributed by atoms with Gasteiger partial charge in [0.25, 0.3) is 0 Å². The predicted molar refractivity (Wildman–Crippen MR) is 144 cm³/mol. The highest BCUT2D eigenvalue weighted by atomic mass is 16.4. The van der Waals surface area contributed by atoms with E-state index in [4.69, 9.17) is 17.2 Å². The van der Waals surface area contributed by atoms with Gasteiger partial charge in [-0.1, -0.05) is 26.0 Å². The number of hydrogen-bond acceptors (Lipinski definition) is 8. The third kappa shape index (κ3) is 13.1. The number of unbranched alkanes of at least 4 members (excludes halogenated alkanes) is 1. The zero-order valence-corrected chi connectivity index (χ0v) is 22.5. The summed E-state index contributed by atoms with van der Waals surface area (Å²) in [5, 5.41) is 26.6. The third-order valence-corrected chi connectivity index (χ3v) is 5.95. The Hall–Kier alpha value is -3.71. The standard InChI is InChI=1S/C26H42N6O7/c1-15(2)13-18(28)23(35)30-19(5-3-4-12-27)24(36)31-20(10-11-22(29)34)25(37)32-21(26(38)39)14-16-6-8-17(33)9-7-16/h6-9,15,18-21,33H,3-5,10-14,27-28H2,1-2H3,(H2,29,34)(H,30,35)(H,31,36)(H,32,37)(H,38,39). The lowest BCUT2D eigenvalue weighted by Gasteiger charge is -2.25. The molecule has 0 heterocycles. The van der Waals surface area contributed by atoms with Crippen LogP contribution in [0.2, 0.25) is 0 Å². The summed E-state index contributed by atoms with van der Waals surface area (Å²) < 4.78 is 0. The lowest BCUT2D eigenvalue weighted by atomic mass is 10.0. The molecule has 218 valence electrons. The molecule has 0 aliphatic carbocycles. The summed E-state index contributed by atoms with van der Waals surface area (Å²) in [7, 11) is 0. The highest BCUT2D eigenvalue weighted by Gasteiger charge is 2.30. The fraction of sp³-hybridized carbons (Fsp3) is 0.577. The van der Waals surface area contributed by atoms with Gasteiger partial charge in [0.05, 0.1) is 6.04 Å². The molecule has 4 unspecified atom stereocenters. The van der Waals surface area contributed by atoms with Crippen LogP contribution in [0.3, 0.4) is 0 Å². The number of carboxylic acid groups (broad SMARTS) is 1. The zero-order chi connectivity index (χ0) is 29.5. The van der Waals surface area contributed by atoms with Crippen molar-refractivity contribution in [1.82, 2.24) is 16.0 Å². The first-order chi connectivity index (χ1) is 18.3. The Morgan fingerprint density at radius 2 is 1.38 bits per heavy atom. The second-order valence-corrected chi connectivity index (χ2v) is 9.92. The molecule has 13 heteroatoms. The van der Waals surface area contributed by atoms with Crippen LogP contribution in [0.1, 0.15) is 57.9 Å². The third-order valence-electron chi connectivity index (χ3n) is 5.95. The van der Waals surface area contributed by atoms with Crippen LogP contribution < -0.4 is 33.2 Å². The smallest absolute Gasteiger partial charge is 0.326 e. The minimum atomic E-state index is -1.36. The van der Waals surface area contributed by atoms with Gasteiger partial charge in [0, 0.05) is 12.8 Å². The lowest BCUT2D eigenvalue weighted by molar-refractivity contribution is -0.142. The van der Waals surface area contributed by atoms with E-state index < -0.39 is 53.8 Å². The molecular weight excluding hydrogens is 508 g/mol. The second kappa shape index (κ2) is 17.0. The Labute approximate surface area is 228 Å². The minimum absolute atomic E-state index is 0.00200. The number of benzene rings is 1. The van der Waals surface area contributed by atoms with Gasteiger partial charge in [0.1, 0.15) is 23.9 Å². The van der Waals surface area contributed by atoms with Crippen molar-refractivity contribution in [3.05, 3.63) is 29.8 Å². The molecule has 0 bridgehead atoms. The molecule has 4 atom stereocenters. The largest absolute Gasteiger partial charge is 0.508 e. The van der Waals surface area contributed by atoms with Crippen molar-refractivity contribution in [1.29, 1.82) is 0 Å². The number of carboxylic acids is 1. The monoisotopic (exact) mass is 550 g/mol. The van der Waals surface area contributed by atoms with Gasteiger partial charge in [-0.05, 0) is 62.3 Å².